The molecular formula is C16H23IN2O. The Bertz CT molecular complexity index is 454. The fourth-order valence-electron chi connectivity index (χ4n) is 2.59. The molecular weight excluding hydrogens is 363 g/mol. The molecule has 1 N–H and O–H groups in total. The smallest absolute Gasteiger partial charge is 0.252 e. The molecule has 1 aliphatic rings. The summed E-state index contributed by atoms with van der Waals surface area (Å²) in [7, 11) is 0. The number of hydrogen-bond acceptors (Lipinski definition) is 2. The standard InChI is InChI=1S/C16H23IN2O/c1-13-6-7-14(15(17)12-13)16(20)18-8-11-19-9-4-2-3-5-10-19/h6-7,12H,2-5,8-11H2,1H3,(H,18,20). The monoisotopic (exact) mass is 386 g/mol. The molecule has 0 aromatic heterocycles. The lowest BCUT2D eigenvalue weighted by molar-refractivity contribution is 0.0947. The van der Waals surface area contributed by atoms with E-state index in [0.717, 1.165) is 22.2 Å². The maximum absolute atomic E-state index is 12.2. The highest BCUT2D eigenvalue weighted by molar-refractivity contribution is 14.1. The molecule has 0 unspecified atom stereocenters. The summed E-state index contributed by atoms with van der Waals surface area (Å²) in [6.07, 6.45) is 5.29. The Balaban J connectivity index is 1.79. The largest absolute Gasteiger partial charge is 0.351 e. The van der Waals surface area contributed by atoms with Gasteiger partial charge in [0, 0.05) is 16.7 Å². The summed E-state index contributed by atoms with van der Waals surface area (Å²) in [5, 5.41) is 3.04. The maximum atomic E-state index is 12.2. The van der Waals surface area contributed by atoms with Crippen LogP contribution in [0.3, 0.4) is 0 Å². The van der Waals surface area contributed by atoms with Gasteiger partial charge in [-0.25, -0.2) is 0 Å². The fraction of sp³-hybridized carbons (Fsp3) is 0.562. The number of carbonyl (C=O) groups is 1. The lowest BCUT2D eigenvalue weighted by Gasteiger charge is -2.19. The minimum absolute atomic E-state index is 0.0456. The molecule has 3 nitrogen and oxygen atoms in total. The van der Waals surface area contributed by atoms with Crippen molar-refractivity contribution in [2.45, 2.75) is 32.6 Å². The van der Waals surface area contributed by atoms with Crippen LogP contribution in [0.4, 0.5) is 0 Å². The highest BCUT2D eigenvalue weighted by atomic mass is 127. The summed E-state index contributed by atoms with van der Waals surface area (Å²) in [4.78, 5) is 14.6. The van der Waals surface area contributed by atoms with E-state index >= 15 is 0 Å². The molecule has 0 spiro atoms. The van der Waals surface area contributed by atoms with Crippen LogP contribution >= 0.6 is 22.6 Å². The number of amides is 1. The number of hydrogen-bond donors (Lipinski definition) is 1. The molecule has 0 saturated carbocycles. The first-order chi connectivity index (χ1) is 9.66. The van der Waals surface area contributed by atoms with E-state index in [2.05, 4.69) is 32.8 Å². The minimum atomic E-state index is 0.0456. The van der Waals surface area contributed by atoms with Crippen molar-refractivity contribution in [2.75, 3.05) is 26.2 Å². The predicted molar refractivity (Wildman–Crippen MR) is 91.1 cm³/mol. The van der Waals surface area contributed by atoms with Gasteiger partial charge in [0.05, 0.1) is 5.56 Å². The zero-order chi connectivity index (χ0) is 14.4. The molecule has 1 saturated heterocycles. The van der Waals surface area contributed by atoms with Gasteiger partial charge >= 0.3 is 0 Å². The van der Waals surface area contributed by atoms with E-state index < -0.39 is 0 Å². The van der Waals surface area contributed by atoms with E-state index in [1.54, 1.807) is 0 Å². The van der Waals surface area contributed by atoms with Gasteiger partial charge in [0.25, 0.3) is 5.91 Å². The Morgan fingerprint density at radius 3 is 2.60 bits per heavy atom. The molecule has 1 fully saturated rings. The lowest BCUT2D eigenvalue weighted by atomic mass is 10.1. The van der Waals surface area contributed by atoms with Crippen LogP contribution in [0.15, 0.2) is 18.2 Å². The van der Waals surface area contributed by atoms with E-state index in [1.807, 2.05) is 25.1 Å². The van der Waals surface area contributed by atoms with Crippen LogP contribution in [-0.4, -0.2) is 37.0 Å². The zero-order valence-corrected chi connectivity index (χ0v) is 14.3. The molecule has 0 bridgehead atoms. The Hall–Kier alpha value is -0.620. The van der Waals surface area contributed by atoms with Gasteiger partial charge in [-0.2, -0.15) is 0 Å². The van der Waals surface area contributed by atoms with Crippen LogP contribution in [0.5, 0.6) is 0 Å². The van der Waals surface area contributed by atoms with Gasteiger partial charge in [-0.3, -0.25) is 4.79 Å². The van der Waals surface area contributed by atoms with E-state index in [-0.39, 0.29) is 5.91 Å². The summed E-state index contributed by atoms with van der Waals surface area (Å²) in [6, 6.07) is 5.95. The van der Waals surface area contributed by atoms with Crippen LogP contribution in [0.1, 0.15) is 41.6 Å². The van der Waals surface area contributed by atoms with E-state index in [4.69, 9.17) is 0 Å². The number of likely N-dealkylation sites (tertiary alicyclic amines) is 1. The van der Waals surface area contributed by atoms with Gasteiger partial charge in [-0.1, -0.05) is 24.5 Å². The number of benzene rings is 1. The van der Waals surface area contributed by atoms with Gasteiger partial charge in [0.15, 0.2) is 0 Å². The number of carbonyl (C=O) groups excluding carboxylic acids is 1. The summed E-state index contributed by atoms with van der Waals surface area (Å²) in [6.45, 7) is 6.11. The van der Waals surface area contributed by atoms with Gasteiger partial charge in [0.2, 0.25) is 0 Å². The van der Waals surface area contributed by atoms with E-state index in [1.165, 1.54) is 44.3 Å². The van der Waals surface area contributed by atoms with Crippen molar-refractivity contribution >= 4 is 28.5 Å². The van der Waals surface area contributed by atoms with Crippen molar-refractivity contribution in [3.63, 3.8) is 0 Å². The van der Waals surface area contributed by atoms with Crippen LogP contribution in [-0.2, 0) is 0 Å². The van der Waals surface area contributed by atoms with Gasteiger partial charge in [-0.05, 0) is 67.6 Å². The van der Waals surface area contributed by atoms with Crippen LogP contribution in [0.25, 0.3) is 0 Å². The fourth-order valence-corrected chi connectivity index (χ4v) is 3.50. The molecule has 0 radical (unpaired) electrons. The van der Waals surface area contributed by atoms with Crippen molar-refractivity contribution in [1.82, 2.24) is 10.2 Å². The normalized spacial score (nSPS) is 16.7. The number of aryl methyl sites for hydroxylation is 1. The summed E-state index contributed by atoms with van der Waals surface area (Å²) < 4.78 is 1.02. The predicted octanol–water partition coefficient (Wildman–Crippen LogP) is 3.21. The molecule has 20 heavy (non-hydrogen) atoms. The number of rotatable bonds is 4. The molecule has 1 aromatic carbocycles. The van der Waals surface area contributed by atoms with Crippen molar-refractivity contribution in [3.8, 4) is 0 Å². The number of nitrogens with zero attached hydrogens (tertiary/aromatic N) is 1. The average molecular weight is 386 g/mol. The molecule has 1 aliphatic heterocycles. The second-order valence-electron chi connectivity index (χ2n) is 5.50. The third-order valence-electron chi connectivity index (χ3n) is 3.78. The van der Waals surface area contributed by atoms with Crippen molar-refractivity contribution in [1.29, 1.82) is 0 Å². The highest BCUT2D eigenvalue weighted by Gasteiger charge is 2.11. The molecule has 1 aromatic rings. The summed E-state index contributed by atoms with van der Waals surface area (Å²) in [5.74, 6) is 0.0456. The van der Waals surface area contributed by atoms with E-state index in [0.29, 0.717) is 0 Å². The summed E-state index contributed by atoms with van der Waals surface area (Å²) in [5.41, 5.74) is 1.97. The van der Waals surface area contributed by atoms with Crippen LogP contribution < -0.4 is 5.32 Å². The maximum Gasteiger partial charge on any atom is 0.252 e. The highest BCUT2D eigenvalue weighted by Crippen LogP contribution is 2.14. The first-order valence-electron chi connectivity index (χ1n) is 7.43. The molecule has 110 valence electrons. The topological polar surface area (TPSA) is 32.3 Å². The molecule has 2 rings (SSSR count). The Labute approximate surface area is 135 Å². The molecule has 1 heterocycles. The average Bonchev–Trinajstić information content (AvgIpc) is 2.67. The summed E-state index contributed by atoms with van der Waals surface area (Å²) >= 11 is 2.23. The van der Waals surface area contributed by atoms with Gasteiger partial charge in [-0.15, -0.1) is 0 Å². The van der Waals surface area contributed by atoms with Crippen molar-refractivity contribution in [3.05, 3.63) is 32.9 Å². The Kier molecular flexibility index (Phi) is 6.29. The van der Waals surface area contributed by atoms with Crippen LogP contribution in [0, 0.1) is 10.5 Å². The molecule has 4 heteroatoms. The Morgan fingerprint density at radius 1 is 1.25 bits per heavy atom. The van der Waals surface area contributed by atoms with Gasteiger partial charge in [0.1, 0.15) is 0 Å². The van der Waals surface area contributed by atoms with E-state index in [9.17, 15) is 4.79 Å². The minimum Gasteiger partial charge on any atom is -0.351 e. The second-order valence-corrected chi connectivity index (χ2v) is 6.66. The third kappa shape index (κ3) is 4.74. The second kappa shape index (κ2) is 7.98. The van der Waals surface area contributed by atoms with Crippen molar-refractivity contribution in [2.24, 2.45) is 0 Å². The SMILES string of the molecule is Cc1ccc(C(=O)NCCN2CCCCCC2)c(I)c1. The zero-order valence-electron chi connectivity index (χ0n) is 12.1. The first kappa shape index (κ1) is 15.8. The molecule has 0 atom stereocenters. The quantitative estimate of drug-likeness (QED) is 0.807. The lowest BCUT2D eigenvalue weighted by Crippen LogP contribution is -2.35. The molecule has 1 amide bonds. The molecule has 0 aliphatic carbocycles. The number of nitrogens with one attached hydrogen (secondary N) is 1. The van der Waals surface area contributed by atoms with Crippen molar-refractivity contribution < 1.29 is 4.79 Å². The third-order valence-corrected chi connectivity index (χ3v) is 4.67. The van der Waals surface area contributed by atoms with Gasteiger partial charge < -0.3 is 10.2 Å². The first-order valence-corrected chi connectivity index (χ1v) is 8.51. The Morgan fingerprint density at radius 2 is 1.95 bits per heavy atom. The van der Waals surface area contributed by atoms with Crippen LogP contribution in [0.2, 0.25) is 0 Å². The number of halogens is 1.